The van der Waals surface area contributed by atoms with Gasteiger partial charge in [-0.05, 0) is 48.9 Å². The fourth-order valence-electron chi connectivity index (χ4n) is 4.46. The van der Waals surface area contributed by atoms with Crippen LogP contribution in [0.15, 0.2) is 94.1 Å². The number of hydrogen-bond donors (Lipinski definition) is 0. The first-order valence-corrected chi connectivity index (χ1v) is 13.5. The van der Waals surface area contributed by atoms with Crippen LogP contribution in [0, 0.1) is 6.92 Å². The highest BCUT2D eigenvalue weighted by atomic mass is 35.5. The van der Waals surface area contributed by atoms with Crippen molar-refractivity contribution in [2.24, 2.45) is 0 Å². The Kier molecular flexibility index (Phi) is 8.85. The van der Waals surface area contributed by atoms with Gasteiger partial charge in [-0.3, -0.25) is 4.79 Å². The van der Waals surface area contributed by atoms with E-state index in [1.165, 1.54) is 12.1 Å². The van der Waals surface area contributed by atoms with E-state index in [0.29, 0.717) is 10.9 Å². The molecule has 1 aliphatic rings. The minimum Gasteiger partial charge on any atom is -0.461 e. The summed E-state index contributed by atoms with van der Waals surface area (Å²) in [7, 11) is 0. The molecule has 11 heteroatoms. The highest BCUT2D eigenvalue weighted by molar-refractivity contribution is 6.26. The topological polar surface area (TPSA) is 128 Å². The summed E-state index contributed by atoms with van der Waals surface area (Å²) < 4.78 is 34.3. The number of esters is 3. The molecule has 2 heterocycles. The van der Waals surface area contributed by atoms with Crippen molar-refractivity contribution < 1.29 is 42.5 Å². The predicted octanol–water partition coefficient (Wildman–Crippen LogP) is 4.44. The molecule has 1 aliphatic heterocycles. The monoisotopic (exact) mass is 592 g/mol. The number of aryl methyl sites for hydroxylation is 1. The lowest BCUT2D eigenvalue weighted by Crippen LogP contribution is -2.59. The lowest BCUT2D eigenvalue weighted by molar-refractivity contribution is -0.247. The fraction of sp³-hybridized carbons (Fsp3) is 0.226. The zero-order valence-electron chi connectivity index (χ0n) is 22.3. The molecule has 0 unspecified atom stereocenters. The third-order valence-electron chi connectivity index (χ3n) is 6.46. The van der Waals surface area contributed by atoms with Crippen molar-refractivity contribution >= 4 is 40.5 Å². The normalized spacial score (nSPS) is 20.0. The Morgan fingerprint density at radius 1 is 0.833 bits per heavy atom. The first kappa shape index (κ1) is 28.8. The molecule has 3 aromatic carbocycles. The number of rotatable bonds is 8. The Hall–Kier alpha value is -4.67. The number of hydrogen-bond acceptors (Lipinski definition) is 10. The van der Waals surface area contributed by atoms with Gasteiger partial charge in [0, 0.05) is 17.5 Å². The van der Waals surface area contributed by atoms with Gasteiger partial charge in [0.25, 0.3) is 0 Å². The second-order valence-corrected chi connectivity index (χ2v) is 9.63. The summed E-state index contributed by atoms with van der Waals surface area (Å²) in [5.41, 5.74) is 0.891. The second-order valence-electron chi connectivity index (χ2n) is 9.36. The average Bonchev–Trinajstić information content (AvgIpc) is 3.00. The molecule has 4 atom stereocenters. The molecule has 0 amide bonds. The van der Waals surface area contributed by atoms with E-state index in [1.807, 2.05) is 0 Å². The molecule has 1 aromatic heterocycles. The predicted molar refractivity (Wildman–Crippen MR) is 149 cm³/mol. The van der Waals surface area contributed by atoms with E-state index in [1.54, 1.807) is 79.7 Å². The number of carbonyl (C=O) groups is 3. The van der Waals surface area contributed by atoms with Crippen LogP contribution in [0.25, 0.3) is 11.0 Å². The lowest BCUT2D eigenvalue weighted by atomic mass is 10.0. The third-order valence-corrected chi connectivity index (χ3v) is 6.67. The van der Waals surface area contributed by atoms with Crippen LogP contribution < -0.4 is 10.4 Å². The molecule has 0 bridgehead atoms. The second kappa shape index (κ2) is 12.9. The van der Waals surface area contributed by atoms with Crippen LogP contribution in [-0.4, -0.2) is 55.0 Å². The molecule has 5 rings (SSSR count). The molecule has 0 radical (unpaired) electrons. The van der Waals surface area contributed by atoms with Crippen molar-refractivity contribution in [3.63, 3.8) is 0 Å². The van der Waals surface area contributed by atoms with E-state index < -0.39 is 54.0 Å². The highest BCUT2D eigenvalue weighted by Gasteiger charge is 2.49. The molecule has 4 aromatic rings. The Balaban J connectivity index is 1.50. The van der Waals surface area contributed by atoms with Gasteiger partial charge < -0.3 is 28.1 Å². The van der Waals surface area contributed by atoms with Gasteiger partial charge in [0.15, 0.2) is 12.2 Å². The summed E-state index contributed by atoms with van der Waals surface area (Å²) in [6.07, 6.45) is -5.27. The largest absolute Gasteiger partial charge is 0.461 e. The smallest absolute Gasteiger partial charge is 0.338 e. The minimum absolute atomic E-state index is 0.214. The van der Waals surface area contributed by atoms with Crippen LogP contribution in [0.5, 0.6) is 5.75 Å². The number of benzene rings is 3. The molecule has 10 nitrogen and oxygen atoms in total. The van der Waals surface area contributed by atoms with E-state index in [2.05, 4.69) is 0 Å². The lowest BCUT2D eigenvalue weighted by Gasteiger charge is -2.40. The van der Waals surface area contributed by atoms with Gasteiger partial charge in [-0.2, -0.15) is 0 Å². The summed E-state index contributed by atoms with van der Waals surface area (Å²) in [5, 5.41) is 0.696. The van der Waals surface area contributed by atoms with Crippen molar-refractivity contribution in [2.45, 2.75) is 31.5 Å². The molecular weight excluding hydrogens is 568 g/mol. The molecule has 0 aliphatic carbocycles. The van der Waals surface area contributed by atoms with E-state index in [4.69, 9.17) is 39.7 Å². The average molecular weight is 593 g/mol. The van der Waals surface area contributed by atoms with Crippen LogP contribution in [0.2, 0.25) is 0 Å². The number of halogens is 1. The molecule has 1 fully saturated rings. The maximum atomic E-state index is 13.2. The Morgan fingerprint density at radius 3 is 2.07 bits per heavy atom. The number of fused-ring (bicyclic) bond motifs is 1. The molecule has 42 heavy (non-hydrogen) atoms. The molecule has 1 saturated heterocycles. The van der Waals surface area contributed by atoms with Crippen LogP contribution >= 0.6 is 11.6 Å². The van der Waals surface area contributed by atoms with Gasteiger partial charge in [0.05, 0.1) is 17.7 Å². The van der Waals surface area contributed by atoms with Gasteiger partial charge in [0.2, 0.25) is 12.4 Å². The first-order valence-electron chi connectivity index (χ1n) is 12.9. The summed E-state index contributed by atoms with van der Waals surface area (Å²) in [5.74, 6) is -2.56. The number of ether oxygens (including phenoxy) is 5. The Bertz CT molecular complexity index is 1640. The molecular formula is C31H25ClO10. The molecule has 0 spiro atoms. The van der Waals surface area contributed by atoms with Crippen LogP contribution in [-0.2, 0) is 23.7 Å². The molecule has 0 saturated carbocycles. The zero-order valence-corrected chi connectivity index (χ0v) is 23.0. The van der Waals surface area contributed by atoms with Crippen LogP contribution in [0.4, 0.5) is 0 Å². The Labute approximate surface area is 244 Å². The molecule has 0 N–H and O–H groups in total. The van der Waals surface area contributed by atoms with Crippen LogP contribution in [0.1, 0.15) is 26.3 Å². The number of carbonyl (C=O) groups excluding carboxylic acids is 3. The highest BCUT2D eigenvalue weighted by Crippen LogP contribution is 2.30. The summed E-state index contributed by atoms with van der Waals surface area (Å²) in [4.78, 5) is 50.4. The Morgan fingerprint density at radius 2 is 1.45 bits per heavy atom. The van der Waals surface area contributed by atoms with Gasteiger partial charge in [-0.1, -0.05) is 36.4 Å². The maximum absolute atomic E-state index is 13.2. The van der Waals surface area contributed by atoms with Crippen LogP contribution in [0.3, 0.4) is 0 Å². The maximum Gasteiger partial charge on any atom is 0.338 e. The molecule has 216 valence electrons. The number of alkyl halides is 1. The minimum atomic E-state index is -1.41. The van der Waals surface area contributed by atoms with Gasteiger partial charge in [0.1, 0.15) is 17.2 Å². The third kappa shape index (κ3) is 6.62. The van der Waals surface area contributed by atoms with Gasteiger partial charge in [-0.25, -0.2) is 14.4 Å². The van der Waals surface area contributed by atoms with E-state index in [-0.39, 0.29) is 29.1 Å². The fourth-order valence-corrected chi connectivity index (χ4v) is 4.52. The first-order chi connectivity index (χ1) is 20.3. The standard InChI is InChI=1S/C31H25ClO10/c1-18-14-25(33)39-23-15-21(12-13-22(18)23)38-31-28(42-30(36)20-10-6-3-7-11-20)27(24(17-37-31)40-26(34)16-32)41-29(35)19-8-4-2-5-9-19/h2-15,24,27-28,31H,16-17H2,1H3/t24-,27+,28-,31+/m1/s1. The van der Waals surface area contributed by atoms with E-state index in [0.717, 1.165) is 0 Å². The van der Waals surface area contributed by atoms with E-state index >= 15 is 0 Å². The summed E-state index contributed by atoms with van der Waals surface area (Å²) in [6, 6.07) is 22.5. The zero-order chi connectivity index (χ0) is 29.6. The summed E-state index contributed by atoms with van der Waals surface area (Å²) >= 11 is 5.66. The van der Waals surface area contributed by atoms with E-state index in [9.17, 15) is 19.2 Å². The van der Waals surface area contributed by atoms with Crippen molar-refractivity contribution in [3.8, 4) is 5.75 Å². The van der Waals surface area contributed by atoms with Crippen molar-refractivity contribution in [1.82, 2.24) is 0 Å². The van der Waals surface area contributed by atoms with Crippen molar-refractivity contribution in [3.05, 3.63) is 112 Å². The quantitative estimate of drug-likeness (QED) is 0.125. The SMILES string of the molecule is Cc1cc(=O)oc2cc(O[C@@H]3OC[C@@H](OC(=O)CCl)[C@H](OC(=O)c4ccccc4)[C@H]3OC(=O)c3ccccc3)ccc12. The van der Waals surface area contributed by atoms with Crippen molar-refractivity contribution in [2.75, 3.05) is 12.5 Å². The van der Waals surface area contributed by atoms with Crippen molar-refractivity contribution in [1.29, 1.82) is 0 Å². The van der Waals surface area contributed by atoms with Gasteiger partial charge in [-0.15, -0.1) is 11.6 Å². The van der Waals surface area contributed by atoms with Gasteiger partial charge >= 0.3 is 23.5 Å². The summed E-state index contributed by atoms with van der Waals surface area (Å²) in [6.45, 7) is 1.50.